The third-order valence-electron chi connectivity index (χ3n) is 4.53. The summed E-state index contributed by atoms with van der Waals surface area (Å²) < 4.78 is 16.6. The van der Waals surface area contributed by atoms with Gasteiger partial charge in [-0.3, -0.25) is 0 Å². The number of carbonyl (C=O) groups excluding carboxylic acids is 1. The Balaban J connectivity index is 2.70. The van der Waals surface area contributed by atoms with E-state index in [9.17, 15) is 4.79 Å². The highest BCUT2D eigenvalue weighted by molar-refractivity contribution is 6.77. The van der Waals surface area contributed by atoms with Crippen LogP contribution in [0.2, 0.25) is 16.6 Å². The number of methoxy groups -OCH3 is 1. The van der Waals surface area contributed by atoms with Gasteiger partial charge in [0.25, 0.3) is 0 Å². The van der Waals surface area contributed by atoms with Crippen LogP contribution in [-0.2, 0) is 9.16 Å². The minimum atomic E-state index is -2.01. The molecule has 0 amide bonds. The summed E-state index contributed by atoms with van der Waals surface area (Å²) in [5, 5.41) is 0. The molecule has 5 heteroatoms. The van der Waals surface area contributed by atoms with Crippen LogP contribution in [0.3, 0.4) is 0 Å². The van der Waals surface area contributed by atoms with Crippen molar-refractivity contribution in [1.29, 1.82) is 0 Å². The number of ether oxygens (including phenoxy) is 2. The van der Waals surface area contributed by atoms with E-state index in [1.165, 1.54) is 0 Å². The molecule has 23 heavy (non-hydrogen) atoms. The van der Waals surface area contributed by atoms with Gasteiger partial charge in [-0.05, 0) is 40.9 Å². The van der Waals surface area contributed by atoms with Gasteiger partial charge in [-0.15, -0.1) is 0 Å². The van der Waals surface area contributed by atoms with Crippen molar-refractivity contribution in [2.45, 2.75) is 58.2 Å². The molecule has 0 unspecified atom stereocenters. The van der Waals surface area contributed by atoms with E-state index in [4.69, 9.17) is 13.9 Å². The van der Waals surface area contributed by atoms with Crippen LogP contribution in [0.5, 0.6) is 5.75 Å². The molecule has 0 saturated carbocycles. The summed E-state index contributed by atoms with van der Waals surface area (Å²) in [7, 11) is -0.415. The van der Waals surface area contributed by atoms with Gasteiger partial charge in [0.05, 0.1) is 12.7 Å². The van der Waals surface area contributed by atoms with Crippen LogP contribution in [0.1, 0.15) is 51.9 Å². The second-order valence-corrected chi connectivity index (χ2v) is 12.2. The predicted molar refractivity (Wildman–Crippen MR) is 95.4 cm³/mol. The summed E-state index contributed by atoms with van der Waals surface area (Å²) in [5.74, 6) is 0.343. The van der Waals surface area contributed by atoms with Gasteiger partial charge in [-0.1, -0.05) is 41.5 Å². The number of hydrogen-bond acceptors (Lipinski definition) is 4. The Bertz CT molecular complexity index is 472. The van der Waals surface area contributed by atoms with Crippen molar-refractivity contribution in [3.05, 3.63) is 29.8 Å². The molecule has 0 heterocycles. The number of esters is 1. The number of benzene rings is 1. The zero-order chi connectivity index (χ0) is 17.6. The third-order valence-corrected chi connectivity index (χ3v) is 10.6. The SMILES string of the molecule is COc1ccc(C(=O)OCO[Si](C(C)C)(C(C)C)C(C)C)cc1. The van der Waals surface area contributed by atoms with Crippen LogP contribution >= 0.6 is 0 Å². The topological polar surface area (TPSA) is 44.8 Å². The fourth-order valence-corrected chi connectivity index (χ4v) is 8.76. The van der Waals surface area contributed by atoms with Gasteiger partial charge in [0.1, 0.15) is 5.75 Å². The van der Waals surface area contributed by atoms with Gasteiger partial charge in [0.15, 0.2) is 6.79 Å². The van der Waals surface area contributed by atoms with Crippen molar-refractivity contribution < 1.29 is 18.7 Å². The first kappa shape index (κ1) is 19.7. The minimum Gasteiger partial charge on any atom is -0.497 e. The summed E-state index contributed by atoms with van der Waals surface area (Å²) >= 11 is 0. The van der Waals surface area contributed by atoms with Gasteiger partial charge >= 0.3 is 5.97 Å². The summed E-state index contributed by atoms with van der Waals surface area (Å²) in [6, 6.07) is 6.87. The van der Waals surface area contributed by atoms with E-state index < -0.39 is 8.32 Å². The molecule has 0 N–H and O–H groups in total. The van der Waals surface area contributed by atoms with Gasteiger partial charge in [-0.25, -0.2) is 4.79 Å². The Morgan fingerprint density at radius 2 is 1.43 bits per heavy atom. The van der Waals surface area contributed by atoms with E-state index in [0.717, 1.165) is 0 Å². The lowest BCUT2D eigenvalue weighted by Gasteiger charge is -2.41. The first-order valence-electron chi connectivity index (χ1n) is 8.20. The molecular formula is C18H30O4Si. The Hall–Kier alpha value is -1.33. The van der Waals surface area contributed by atoms with Crippen molar-refractivity contribution in [1.82, 2.24) is 0 Å². The molecule has 0 bridgehead atoms. The molecule has 0 aliphatic rings. The van der Waals surface area contributed by atoms with Crippen LogP contribution in [0.25, 0.3) is 0 Å². The van der Waals surface area contributed by atoms with Crippen LogP contribution in [0.4, 0.5) is 0 Å². The molecule has 1 aromatic carbocycles. The molecular weight excluding hydrogens is 308 g/mol. The molecule has 130 valence electrons. The average Bonchev–Trinajstić information content (AvgIpc) is 2.50. The van der Waals surface area contributed by atoms with E-state index >= 15 is 0 Å². The second-order valence-electron chi connectivity index (χ2n) is 6.74. The molecule has 0 radical (unpaired) electrons. The first-order valence-corrected chi connectivity index (χ1v) is 10.3. The maximum atomic E-state index is 12.1. The van der Waals surface area contributed by atoms with Crippen LogP contribution in [-0.4, -0.2) is 28.2 Å². The third kappa shape index (κ3) is 4.58. The Morgan fingerprint density at radius 3 is 1.83 bits per heavy atom. The van der Waals surface area contributed by atoms with Crippen molar-refractivity contribution in [2.75, 3.05) is 13.9 Å². The van der Waals surface area contributed by atoms with Gasteiger partial charge in [0.2, 0.25) is 8.32 Å². The molecule has 0 fully saturated rings. The van der Waals surface area contributed by atoms with Crippen LogP contribution < -0.4 is 4.74 Å². The maximum Gasteiger partial charge on any atom is 0.340 e. The lowest BCUT2D eigenvalue weighted by molar-refractivity contribution is 0.00974. The fourth-order valence-electron chi connectivity index (χ4n) is 3.50. The smallest absolute Gasteiger partial charge is 0.340 e. The van der Waals surface area contributed by atoms with E-state index in [1.54, 1.807) is 31.4 Å². The van der Waals surface area contributed by atoms with Crippen molar-refractivity contribution in [2.24, 2.45) is 0 Å². The number of carbonyl (C=O) groups is 1. The molecule has 1 aromatic rings. The summed E-state index contributed by atoms with van der Waals surface area (Å²) in [5.41, 5.74) is 1.88. The molecule has 0 aromatic heterocycles. The maximum absolute atomic E-state index is 12.1. The fraction of sp³-hybridized carbons (Fsp3) is 0.611. The quantitative estimate of drug-likeness (QED) is 0.380. The lowest BCUT2D eigenvalue weighted by Crippen LogP contribution is -2.48. The molecule has 0 saturated heterocycles. The van der Waals surface area contributed by atoms with Crippen molar-refractivity contribution in [3.8, 4) is 5.75 Å². The minimum absolute atomic E-state index is 0.0195. The van der Waals surface area contributed by atoms with Crippen molar-refractivity contribution in [3.63, 3.8) is 0 Å². The van der Waals surface area contributed by atoms with Gasteiger partial charge in [0, 0.05) is 0 Å². The molecule has 0 atom stereocenters. The lowest BCUT2D eigenvalue weighted by atomic mass is 10.2. The molecule has 0 aliphatic heterocycles. The largest absolute Gasteiger partial charge is 0.497 e. The van der Waals surface area contributed by atoms with Crippen LogP contribution in [0, 0.1) is 0 Å². The zero-order valence-electron chi connectivity index (χ0n) is 15.4. The molecule has 0 aliphatic carbocycles. The highest BCUT2D eigenvalue weighted by Gasteiger charge is 2.45. The highest BCUT2D eigenvalue weighted by Crippen LogP contribution is 2.42. The Labute approximate surface area is 141 Å². The predicted octanol–water partition coefficient (Wildman–Crippen LogP) is 5.00. The number of rotatable bonds is 8. The first-order chi connectivity index (χ1) is 10.8. The zero-order valence-corrected chi connectivity index (χ0v) is 16.4. The molecule has 4 nitrogen and oxygen atoms in total. The van der Waals surface area contributed by atoms with Gasteiger partial charge < -0.3 is 13.9 Å². The summed E-state index contributed by atoms with van der Waals surface area (Å²) in [6.45, 7) is 13.3. The normalized spacial score (nSPS) is 12.1. The monoisotopic (exact) mass is 338 g/mol. The Kier molecular flexibility index (Phi) is 7.29. The number of hydrogen-bond donors (Lipinski definition) is 0. The van der Waals surface area contributed by atoms with Gasteiger partial charge in [-0.2, -0.15) is 0 Å². The van der Waals surface area contributed by atoms with E-state index in [1.807, 2.05) is 0 Å². The summed E-state index contributed by atoms with van der Waals surface area (Å²) in [4.78, 5) is 12.1. The molecule has 0 spiro atoms. The van der Waals surface area contributed by atoms with E-state index in [0.29, 0.717) is 27.9 Å². The summed E-state index contributed by atoms with van der Waals surface area (Å²) in [6.07, 6.45) is 0. The van der Waals surface area contributed by atoms with E-state index in [2.05, 4.69) is 41.5 Å². The second kappa shape index (κ2) is 8.50. The standard InChI is InChI=1S/C18H30O4Si/c1-13(2)23(14(3)4,15(5)6)22-12-21-18(19)16-8-10-17(20-7)11-9-16/h8-11,13-15H,12H2,1-7H3. The molecule has 1 rings (SSSR count). The average molecular weight is 339 g/mol. The highest BCUT2D eigenvalue weighted by atomic mass is 28.4. The van der Waals surface area contributed by atoms with E-state index in [-0.39, 0.29) is 12.8 Å². The van der Waals surface area contributed by atoms with Crippen molar-refractivity contribution >= 4 is 14.3 Å². The Morgan fingerprint density at radius 1 is 0.957 bits per heavy atom. The van der Waals surface area contributed by atoms with Crippen LogP contribution in [0.15, 0.2) is 24.3 Å².